The average molecular weight is 244 g/mol. The van der Waals surface area contributed by atoms with E-state index in [-0.39, 0.29) is 0 Å². The minimum Gasteiger partial charge on any atom is -0.394 e. The second-order valence-corrected chi connectivity index (χ2v) is 4.33. The van der Waals surface area contributed by atoms with E-state index in [4.69, 9.17) is 25.0 Å². The molecule has 0 aromatic rings. The molecule has 0 amide bonds. The van der Waals surface area contributed by atoms with Gasteiger partial charge >= 0.3 is 0 Å². The summed E-state index contributed by atoms with van der Waals surface area (Å²) in [5.74, 6) is -2.75. The van der Waals surface area contributed by atoms with Gasteiger partial charge in [-0.2, -0.15) is 8.42 Å². The van der Waals surface area contributed by atoms with Crippen molar-refractivity contribution in [1.82, 2.24) is 0 Å². The molecule has 3 unspecified atom stereocenters. The summed E-state index contributed by atoms with van der Waals surface area (Å²) in [6, 6.07) is 0. The van der Waals surface area contributed by atoms with E-state index in [9.17, 15) is 13.2 Å². The molecule has 0 saturated heterocycles. The van der Waals surface area contributed by atoms with Crippen LogP contribution >= 0.6 is 0 Å². The third-order valence-corrected chi connectivity index (χ3v) is 2.21. The molecule has 0 fully saturated rings. The van der Waals surface area contributed by atoms with Crippen molar-refractivity contribution in [3.63, 3.8) is 0 Å². The van der Waals surface area contributed by atoms with Crippen molar-refractivity contribution in [1.29, 1.82) is 0 Å². The lowest BCUT2D eigenvalue weighted by Gasteiger charge is -2.19. The Balaban J connectivity index is 4.45. The summed E-state index contributed by atoms with van der Waals surface area (Å²) in [5, 5.41) is 35.2. The van der Waals surface area contributed by atoms with E-state index in [0.29, 0.717) is 0 Å². The summed E-state index contributed by atoms with van der Waals surface area (Å²) >= 11 is 0. The van der Waals surface area contributed by atoms with Crippen LogP contribution in [0.15, 0.2) is 0 Å². The van der Waals surface area contributed by atoms with Gasteiger partial charge in [-0.05, 0) is 0 Å². The van der Waals surface area contributed by atoms with Crippen molar-refractivity contribution >= 4 is 15.9 Å². The average Bonchev–Trinajstić information content (AvgIpc) is 2.11. The van der Waals surface area contributed by atoms with Gasteiger partial charge in [-0.25, -0.2) is 0 Å². The number of carbonyl (C=O) groups is 1. The number of rotatable bonds is 6. The number of Topliss-reactive ketones (excluding diaryl/α,β-unsaturated/α-hetero) is 1. The highest BCUT2D eigenvalue weighted by atomic mass is 32.2. The van der Waals surface area contributed by atoms with Gasteiger partial charge in [0.05, 0.1) is 6.61 Å². The van der Waals surface area contributed by atoms with Gasteiger partial charge in [0, 0.05) is 0 Å². The lowest BCUT2D eigenvalue weighted by Crippen LogP contribution is -2.45. The number of aliphatic hydroxyl groups is 4. The Labute approximate surface area is 85.5 Å². The molecule has 0 aromatic heterocycles. The van der Waals surface area contributed by atoms with Crippen molar-refractivity contribution in [2.45, 2.75) is 18.3 Å². The van der Waals surface area contributed by atoms with Crippen LogP contribution in [0.1, 0.15) is 0 Å². The van der Waals surface area contributed by atoms with Crippen LogP contribution in [-0.4, -0.2) is 69.9 Å². The van der Waals surface area contributed by atoms with Gasteiger partial charge in [0.15, 0.2) is 5.78 Å². The van der Waals surface area contributed by atoms with Crippen molar-refractivity contribution in [3.05, 3.63) is 0 Å². The Morgan fingerprint density at radius 3 is 2.00 bits per heavy atom. The molecule has 5 N–H and O–H groups in total. The fourth-order valence-corrected chi connectivity index (χ4v) is 1.30. The molecule has 9 heteroatoms. The van der Waals surface area contributed by atoms with Gasteiger partial charge in [-0.15, -0.1) is 0 Å². The van der Waals surface area contributed by atoms with Crippen LogP contribution in [0.25, 0.3) is 0 Å². The van der Waals surface area contributed by atoms with E-state index in [1.54, 1.807) is 0 Å². The Bertz CT molecular complexity index is 309. The van der Waals surface area contributed by atoms with E-state index in [2.05, 4.69) is 0 Å². The van der Waals surface area contributed by atoms with Gasteiger partial charge in [-0.3, -0.25) is 9.35 Å². The van der Waals surface area contributed by atoms with Crippen LogP contribution in [0.4, 0.5) is 0 Å². The third-order valence-electron chi connectivity index (χ3n) is 1.56. The maximum Gasteiger partial charge on any atom is 0.272 e. The SMILES string of the molecule is O=C(CS(=O)(=O)O)C(O)C(O)C(O)CO. The highest BCUT2D eigenvalue weighted by Gasteiger charge is 2.31. The molecule has 0 heterocycles. The zero-order valence-corrected chi connectivity index (χ0v) is 8.33. The zero-order chi connectivity index (χ0) is 12.2. The van der Waals surface area contributed by atoms with E-state index >= 15 is 0 Å². The second-order valence-electron chi connectivity index (χ2n) is 2.88. The summed E-state index contributed by atoms with van der Waals surface area (Å²) in [4.78, 5) is 10.9. The lowest BCUT2D eigenvalue weighted by atomic mass is 10.1. The van der Waals surface area contributed by atoms with E-state index in [1.165, 1.54) is 0 Å². The highest BCUT2D eigenvalue weighted by Crippen LogP contribution is 2.02. The third kappa shape index (κ3) is 5.16. The summed E-state index contributed by atoms with van der Waals surface area (Å²) in [7, 11) is -4.60. The Morgan fingerprint density at radius 1 is 1.20 bits per heavy atom. The number of ketones is 1. The first-order valence-corrected chi connectivity index (χ1v) is 5.43. The molecule has 3 atom stereocenters. The van der Waals surface area contributed by atoms with Crippen molar-refractivity contribution in [2.75, 3.05) is 12.4 Å². The Kier molecular flexibility index (Phi) is 5.28. The van der Waals surface area contributed by atoms with Gasteiger partial charge in [0.1, 0.15) is 24.1 Å². The fourth-order valence-electron chi connectivity index (χ4n) is 0.774. The molecule has 0 rings (SSSR count). The van der Waals surface area contributed by atoms with Crippen LogP contribution in [0.5, 0.6) is 0 Å². The number of aliphatic hydroxyl groups excluding tert-OH is 4. The molecule has 0 bridgehead atoms. The highest BCUT2D eigenvalue weighted by molar-refractivity contribution is 7.86. The van der Waals surface area contributed by atoms with Crippen LogP contribution in [0.3, 0.4) is 0 Å². The van der Waals surface area contributed by atoms with Crippen LogP contribution in [0.2, 0.25) is 0 Å². The maximum absolute atomic E-state index is 10.9. The molecular weight excluding hydrogens is 232 g/mol. The maximum atomic E-state index is 10.9. The predicted octanol–water partition coefficient (Wildman–Crippen LogP) is -3.48. The summed E-state index contributed by atoms with van der Waals surface area (Å²) in [5.41, 5.74) is 0. The van der Waals surface area contributed by atoms with E-state index in [0.717, 1.165) is 0 Å². The largest absolute Gasteiger partial charge is 0.394 e. The molecule has 0 radical (unpaired) electrons. The lowest BCUT2D eigenvalue weighted by molar-refractivity contribution is -0.137. The van der Waals surface area contributed by atoms with Gasteiger partial charge < -0.3 is 20.4 Å². The van der Waals surface area contributed by atoms with Crippen molar-refractivity contribution in [3.8, 4) is 0 Å². The number of hydrogen-bond donors (Lipinski definition) is 5. The van der Waals surface area contributed by atoms with Crippen LogP contribution < -0.4 is 0 Å². The quantitative estimate of drug-likeness (QED) is 0.302. The molecule has 15 heavy (non-hydrogen) atoms. The molecular formula is C6H12O8S. The van der Waals surface area contributed by atoms with Gasteiger partial charge in [0.2, 0.25) is 0 Å². The van der Waals surface area contributed by atoms with E-state index < -0.39 is 46.6 Å². The molecule has 0 saturated carbocycles. The standard InChI is InChI=1S/C6H12O8S/c7-1-3(8)5(10)6(11)4(9)2-15(12,13)14/h3,5-8,10-11H,1-2H2,(H,12,13,14). The minimum absolute atomic E-state index is 0.905. The van der Waals surface area contributed by atoms with E-state index in [1.807, 2.05) is 0 Å². The first-order valence-electron chi connectivity index (χ1n) is 3.82. The Morgan fingerprint density at radius 2 is 1.67 bits per heavy atom. The van der Waals surface area contributed by atoms with Crippen LogP contribution in [0, 0.1) is 0 Å². The first-order chi connectivity index (χ1) is 6.69. The molecule has 8 nitrogen and oxygen atoms in total. The predicted molar refractivity (Wildman–Crippen MR) is 46.5 cm³/mol. The second kappa shape index (κ2) is 5.49. The smallest absolute Gasteiger partial charge is 0.272 e. The molecule has 90 valence electrons. The minimum atomic E-state index is -4.60. The molecule has 0 aromatic carbocycles. The number of hydrogen-bond acceptors (Lipinski definition) is 7. The molecule has 0 aliphatic heterocycles. The zero-order valence-electron chi connectivity index (χ0n) is 7.52. The van der Waals surface area contributed by atoms with Gasteiger partial charge in [0.25, 0.3) is 10.1 Å². The normalized spacial score (nSPS) is 18.2. The molecule has 0 aliphatic carbocycles. The topological polar surface area (TPSA) is 152 Å². The first kappa shape index (κ1) is 14.4. The number of carbonyl (C=O) groups excluding carboxylic acids is 1. The monoisotopic (exact) mass is 244 g/mol. The van der Waals surface area contributed by atoms with Crippen LogP contribution in [-0.2, 0) is 14.9 Å². The molecule has 0 spiro atoms. The van der Waals surface area contributed by atoms with Crippen molar-refractivity contribution in [2.24, 2.45) is 0 Å². The van der Waals surface area contributed by atoms with Gasteiger partial charge in [-0.1, -0.05) is 0 Å². The Hall–Kier alpha value is -0.580. The van der Waals surface area contributed by atoms with Crippen molar-refractivity contribution < 1.29 is 38.2 Å². The summed E-state index contributed by atoms with van der Waals surface area (Å²) < 4.78 is 28.7. The summed E-state index contributed by atoms with van der Waals surface area (Å²) in [6.45, 7) is -0.905. The molecule has 0 aliphatic rings. The fraction of sp³-hybridized carbons (Fsp3) is 0.833. The summed E-state index contributed by atoms with van der Waals surface area (Å²) in [6.07, 6.45) is -5.97.